The predicted molar refractivity (Wildman–Crippen MR) is 83.0 cm³/mol. The number of aromatic nitrogens is 1. The second-order valence-electron chi connectivity index (χ2n) is 5.67. The van der Waals surface area contributed by atoms with Crippen LogP contribution >= 0.6 is 0 Å². The monoisotopic (exact) mass is 277 g/mol. The normalized spacial score (nSPS) is 21.1. The molecule has 1 aromatic rings. The van der Waals surface area contributed by atoms with Crippen LogP contribution in [-0.2, 0) is 0 Å². The lowest BCUT2D eigenvalue weighted by Gasteiger charge is -2.29. The van der Waals surface area contributed by atoms with E-state index in [2.05, 4.69) is 34.8 Å². The van der Waals surface area contributed by atoms with Crippen molar-refractivity contribution in [2.24, 2.45) is 0 Å². The number of likely N-dealkylation sites (N-methyl/N-ethyl adjacent to an activating group) is 2. The molecule has 4 nitrogen and oxygen atoms in total. The van der Waals surface area contributed by atoms with Gasteiger partial charge in [-0.15, -0.1) is 0 Å². The average molecular weight is 277 g/mol. The maximum atomic E-state index is 9.77. The minimum absolute atomic E-state index is 0.445. The molecule has 0 aliphatic carbocycles. The summed E-state index contributed by atoms with van der Waals surface area (Å²) in [7, 11) is 2.12. The second-order valence-corrected chi connectivity index (χ2v) is 5.67. The zero-order chi connectivity index (χ0) is 14.5. The number of rotatable bonds is 6. The number of nitrogens with zero attached hydrogens (tertiary/aromatic N) is 3. The van der Waals surface area contributed by atoms with E-state index < -0.39 is 6.10 Å². The van der Waals surface area contributed by atoms with Gasteiger partial charge in [-0.25, -0.2) is 0 Å². The molecule has 0 amide bonds. The van der Waals surface area contributed by atoms with Crippen molar-refractivity contribution < 1.29 is 5.11 Å². The zero-order valence-corrected chi connectivity index (χ0v) is 12.9. The number of hydrogen-bond acceptors (Lipinski definition) is 4. The topological polar surface area (TPSA) is 39.6 Å². The molecule has 1 aromatic heterocycles. The van der Waals surface area contributed by atoms with Gasteiger partial charge in [-0.1, -0.05) is 13.8 Å². The fourth-order valence-corrected chi connectivity index (χ4v) is 2.97. The molecule has 1 N–H and O–H groups in total. The Morgan fingerprint density at radius 2 is 2.25 bits per heavy atom. The van der Waals surface area contributed by atoms with Crippen molar-refractivity contribution in [2.45, 2.75) is 45.3 Å². The molecule has 0 spiro atoms. The largest absolute Gasteiger partial charge is 0.387 e. The Bertz CT molecular complexity index is 407. The highest BCUT2D eigenvalue weighted by Crippen LogP contribution is 2.21. The lowest BCUT2D eigenvalue weighted by Crippen LogP contribution is -2.38. The van der Waals surface area contributed by atoms with E-state index in [0.29, 0.717) is 12.5 Å². The molecule has 0 saturated carbocycles. The van der Waals surface area contributed by atoms with Crippen LogP contribution in [0.4, 0.5) is 5.69 Å². The van der Waals surface area contributed by atoms with Gasteiger partial charge >= 0.3 is 0 Å². The van der Waals surface area contributed by atoms with Crippen LogP contribution < -0.4 is 4.90 Å². The molecule has 1 unspecified atom stereocenters. The third kappa shape index (κ3) is 3.49. The molecule has 2 atom stereocenters. The lowest BCUT2D eigenvalue weighted by atomic mass is 10.1. The number of aliphatic hydroxyl groups excluding tert-OH is 1. The van der Waals surface area contributed by atoms with Crippen molar-refractivity contribution in [3.8, 4) is 0 Å². The van der Waals surface area contributed by atoms with Crippen molar-refractivity contribution in [3.05, 3.63) is 24.0 Å². The first kappa shape index (κ1) is 15.3. The van der Waals surface area contributed by atoms with Gasteiger partial charge in [0.1, 0.15) is 0 Å². The van der Waals surface area contributed by atoms with Gasteiger partial charge in [0.05, 0.1) is 23.7 Å². The van der Waals surface area contributed by atoms with Crippen molar-refractivity contribution in [1.82, 2.24) is 9.88 Å². The lowest BCUT2D eigenvalue weighted by molar-refractivity contribution is 0.169. The van der Waals surface area contributed by atoms with E-state index in [1.54, 1.807) is 0 Å². The third-order valence-corrected chi connectivity index (χ3v) is 4.33. The SMILES string of the molecule is CC[C@@H](O)c1ccc(N(C)CC2CCCN2CC)cn1. The van der Waals surface area contributed by atoms with Gasteiger partial charge in [0.15, 0.2) is 0 Å². The molecular formula is C16H27N3O. The number of likely N-dealkylation sites (tertiary alicyclic amines) is 1. The first-order chi connectivity index (χ1) is 9.65. The molecule has 1 aliphatic heterocycles. The Morgan fingerprint density at radius 1 is 1.45 bits per heavy atom. The van der Waals surface area contributed by atoms with Gasteiger partial charge in [-0.2, -0.15) is 0 Å². The Morgan fingerprint density at radius 3 is 2.85 bits per heavy atom. The summed E-state index contributed by atoms with van der Waals surface area (Å²) in [4.78, 5) is 9.21. The van der Waals surface area contributed by atoms with Crippen LogP contribution in [0.25, 0.3) is 0 Å². The molecule has 2 rings (SSSR count). The van der Waals surface area contributed by atoms with Crippen LogP contribution in [-0.4, -0.2) is 47.7 Å². The molecule has 4 heteroatoms. The van der Waals surface area contributed by atoms with E-state index in [9.17, 15) is 5.11 Å². The summed E-state index contributed by atoms with van der Waals surface area (Å²) in [6.45, 7) is 7.62. The minimum atomic E-state index is -0.445. The van der Waals surface area contributed by atoms with Crippen LogP contribution in [0, 0.1) is 0 Å². The molecule has 20 heavy (non-hydrogen) atoms. The number of pyridine rings is 1. The van der Waals surface area contributed by atoms with E-state index in [1.165, 1.54) is 19.4 Å². The molecule has 1 fully saturated rings. The molecule has 1 saturated heterocycles. The van der Waals surface area contributed by atoms with Crippen molar-refractivity contribution >= 4 is 5.69 Å². The highest BCUT2D eigenvalue weighted by molar-refractivity contribution is 5.44. The molecule has 0 radical (unpaired) electrons. The molecule has 112 valence electrons. The summed E-state index contributed by atoms with van der Waals surface area (Å²) in [5.74, 6) is 0. The van der Waals surface area contributed by atoms with E-state index >= 15 is 0 Å². The molecule has 0 aromatic carbocycles. The highest BCUT2D eigenvalue weighted by atomic mass is 16.3. The first-order valence-corrected chi connectivity index (χ1v) is 7.74. The fourth-order valence-electron chi connectivity index (χ4n) is 2.97. The summed E-state index contributed by atoms with van der Waals surface area (Å²) in [5, 5.41) is 9.77. The van der Waals surface area contributed by atoms with Crippen molar-refractivity contribution in [1.29, 1.82) is 0 Å². The first-order valence-electron chi connectivity index (χ1n) is 7.74. The minimum Gasteiger partial charge on any atom is -0.387 e. The summed E-state index contributed by atoms with van der Waals surface area (Å²) < 4.78 is 0. The van der Waals surface area contributed by atoms with Gasteiger partial charge in [-0.3, -0.25) is 9.88 Å². The van der Waals surface area contributed by atoms with E-state index in [4.69, 9.17) is 0 Å². The summed E-state index contributed by atoms with van der Waals surface area (Å²) in [6.07, 6.45) is 4.74. The highest BCUT2D eigenvalue weighted by Gasteiger charge is 2.24. The van der Waals surface area contributed by atoms with Crippen molar-refractivity contribution in [2.75, 3.05) is 31.6 Å². The predicted octanol–water partition coefficient (Wildman–Crippen LogP) is 2.45. The van der Waals surface area contributed by atoms with Crippen LogP contribution in [0.15, 0.2) is 18.3 Å². The Kier molecular flexibility index (Phi) is 5.38. The van der Waals surface area contributed by atoms with Gasteiger partial charge < -0.3 is 10.0 Å². The van der Waals surface area contributed by atoms with Gasteiger partial charge in [0.2, 0.25) is 0 Å². The zero-order valence-electron chi connectivity index (χ0n) is 12.9. The Balaban J connectivity index is 1.97. The molecular weight excluding hydrogens is 250 g/mol. The summed E-state index contributed by atoms with van der Waals surface area (Å²) >= 11 is 0. The molecule has 1 aliphatic rings. The number of anilines is 1. The second kappa shape index (κ2) is 7.04. The van der Waals surface area contributed by atoms with Crippen LogP contribution in [0.1, 0.15) is 44.9 Å². The number of hydrogen-bond donors (Lipinski definition) is 1. The quantitative estimate of drug-likeness (QED) is 0.867. The Hall–Kier alpha value is -1.13. The van der Waals surface area contributed by atoms with Gasteiger partial charge in [-0.05, 0) is 44.5 Å². The summed E-state index contributed by atoms with van der Waals surface area (Å²) in [5.41, 5.74) is 1.89. The maximum absolute atomic E-state index is 9.77. The molecule has 2 heterocycles. The smallest absolute Gasteiger partial charge is 0.0957 e. The van der Waals surface area contributed by atoms with Crippen LogP contribution in [0.2, 0.25) is 0 Å². The van der Waals surface area contributed by atoms with E-state index in [1.807, 2.05) is 19.2 Å². The van der Waals surface area contributed by atoms with E-state index in [-0.39, 0.29) is 0 Å². The third-order valence-electron chi connectivity index (χ3n) is 4.33. The fraction of sp³-hybridized carbons (Fsp3) is 0.688. The maximum Gasteiger partial charge on any atom is 0.0957 e. The standard InChI is InChI=1S/C16H27N3O/c1-4-16(20)15-9-8-13(11-17-15)18(3)12-14-7-6-10-19(14)5-2/h8-9,11,14,16,20H,4-7,10,12H2,1-3H3/t14?,16-/m1/s1. The van der Waals surface area contributed by atoms with Crippen molar-refractivity contribution in [3.63, 3.8) is 0 Å². The van der Waals surface area contributed by atoms with Gasteiger partial charge in [0, 0.05) is 19.6 Å². The van der Waals surface area contributed by atoms with Gasteiger partial charge in [0.25, 0.3) is 0 Å². The summed E-state index contributed by atoms with van der Waals surface area (Å²) in [6, 6.07) is 4.66. The van der Waals surface area contributed by atoms with E-state index in [0.717, 1.165) is 24.5 Å². The van der Waals surface area contributed by atoms with Crippen LogP contribution in [0.5, 0.6) is 0 Å². The Labute approximate surface area is 122 Å². The average Bonchev–Trinajstić information content (AvgIpc) is 2.93. The van der Waals surface area contributed by atoms with Crippen LogP contribution in [0.3, 0.4) is 0 Å². The molecule has 0 bridgehead atoms. The number of aliphatic hydroxyl groups is 1.